The summed E-state index contributed by atoms with van der Waals surface area (Å²) in [4.78, 5) is 32.3. The summed E-state index contributed by atoms with van der Waals surface area (Å²) in [6.07, 6.45) is 1.53. The fourth-order valence-corrected chi connectivity index (χ4v) is 5.09. The summed E-state index contributed by atoms with van der Waals surface area (Å²) in [6.45, 7) is 2.89. The van der Waals surface area contributed by atoms with E-state index in [1.807, 2.05) is 24.3 Å². The Bertz CT molecular complexity index is 1420. The molecule has 0 aliphatic carbocycles. The SMILES string of the molecule is COc1ccc(/C=C2/C(=O)N(c3ccc(N4CCOCC4)cc3)C(=S)N(c3cccc(Cl)c3Cl)C2=O)cc1. The number of hydrogen-bond acceptors (Lipinski definition) is 6. The predicted molar refractivity (Wildman–Crippen MR) is 154 cm³/mol. The van der Waals surface area contributed by atoms with E-state index in [1.165, 1.54) is 15.9 Å². The van der Waals surface area contributed by atoms with Gasteiger partial charge in [0.05, 0.1) is 41.7 Å². The third kappa shape index (κ3) is 5.00. The quantitative estimate of drug-likeness (QED) is 0.227. The monoisotopic (exact) mass is 567 g/mol. The molecule has 5 rings (SSSR count). The average molecular weight is 568 g/mol. The Balaban J connectivity index is 1.58. The van der Waals surface area contributed by atoms with E-state index >= 15 is 0 Å². The Morgan fingerprint density at radius 2 is 1.50 bits per heavy atom. The minimum Gasteiger partial charge on any atom is -0.497 e. The van der Waals surface area contributed by atoms with Crippen molar-refractivity contribution in [3.8, 4) is 5.75 Å². The maximum absolute atomic E-state index is 13.8. The van der Waals surface area contributed by atoms with E-state index in [1.54, 1.807) is 49.6 Å². The number of amides is 2. The molecular formula is C28H23Cl2N3O4S. The maximum Gasteiger partial charge on any atom is 0.270 e. The maximum atomic E-state index is 13.8. The molecule has 2 aliphatic rings. The van der Waals surface area contributed by atoms with Crippen LogP contribution < -0.4 is 19.4 Å². The Morgan fingerprint density at radius 1 is 0.868 bits per heavy atom. The Hall–Kier alpha value is -3.43. The first-order valence-electron chi connectivity index (χ1n) is 11.8. The van der Waals surface area contributed by atoms with Crippen LogP contribution in [0.2, 0.25) is 10.0 Å². The normalized spacial score (nSPS) is 17.4. The van der Waals surface area contributed by atoms with Crippen LogP contribution in [0.25, 0.3) is 6.08 Å². The third-order valence-electron chi connectivity index (χ3n) is 6.33. The smallest absolute Gasteiger partial charge is 0.270 e. The number of carbonyl (C=O) groups excluding carboxylic acids is 2. The number of halogens is 2. The van der Waals surface area contributed by atoms with E-state index in [0.29, 0.717) is 30.2 Å². The summed E-state index contributed by atoms with van der Waals surface area (Å²) < 4.78 is 10.7. The lowest BCUT2D eigenvalue weighted by Gasteiger charge is -2.37. The molecule has 7 nitrogen and oxygen atoms in total. The summed E-state index contributed by atoms with van der Waals surface area (Å²) in [6, 6.07) is 19.4. The summed E-state index contributed by atoms with van der Waals surface area (Å²) in [5.41, 5.74) is 2.39. The summed E-state index contributed by atoms with van der Waals surface area (Å²) >= 11 is 18.5. The van der Waals surface area contributed by atoms with Gasteiger partial charge in [0.1, 0.15) is 11.3 Å². The molecule has 0 radical (unpaired) electrons. The predicted octanol–water partition coefficient (Wildman–Crippen LogP) is 5.59. The van der Waals surface area contributed by atoms with Crippen LogP contribution >= 0.6 is 35.4 Å². The van der Waals surface area contributed by atoms with Gasteiger partial charge in [-0.1, -0.05) is 41.4 Å². The fourth-order valence-electron chi connectivity index (χ4n) is 4.34. The minimum absolute atomic E-state index is 0.0184. The number of hydrogen-bond donors (Lipinski definition) is 0. The molecule has 3 aromatic carbocycles. The van der Waals surface area contributed by atoms with E-state index in [9.17, 15) is 9.59 Å². The largest absolute Gasteiger partial charge is 0.497 e. The first-order valence-corrected chi connectivity index (χ1v) is 13.0. The van der Waals surface area contributed by atoms with Crippen LogP contribution in [0.5, 0.6) is 5.75 Å². The molecule has 0 aromatic heterocycles. The number of carbonyl (C=O) groups is 2. The van der Waals surface area contributed by atoms with E-state index in [2.05, 4.69) is 4.90 Å². The number of nitrogens with zero attached hydrogens (tertiary/aromatic N) is 3. The van der Waals surface area contributed by atoms with Gasteiger partial charge in [0, 0.05) is 18.8 Å². The van der Waals surface area contributed by atoms with Gasteiger partial charge in [-0.05, 0) is 72.4 Å². The van der Waals surface area contributed by atoms with E-state index < -0.39 is 11.8 Å². The molecule has 2 fully saturated rings. The molecule has 194 valence electrons. The zero-order valence-corrected chi connectivity index (χ0v) is 22.7. The van der Waals surface area contributed by atoms with Crippen LogP contribution in [0.3, 0.4) is 0 Å². The zero-order chi connectivity index (χ0) is 26.8. The van der Waals surface area contributed by atoms with Gasteiger partial charge in [0.2, 0.25) is 0 Å². The molecule has 2 heterocycles. The van der Waals surface area contributed by atoms with Crippen molar-refractivity contribution in [2.45, 2.75) is 0 Å². The number of rotatable bonds is 5. The highest BCUT2D eigenvalue weighted by atomic mass is 35.5. The second kappa shape index (κ2) is 11.1. The van der Waals surface area contributed by atoms with Crippen LogP contribution in [-0.2, 0) is 14.3 Å². The number of ether oxygens (including phenoxy) is 2. The van der Waals surface area contributed by atoms with Crippen LogP contribution in [0.15, 0.2) is 72.3 Å². The van der Waals surface area contributed by atoms with Gasteiger partial charge < -0.3 is 14.4 Å². The first-order chi connectivity index (χ1) is 18.4. The highest BCUT2D eigenvalue weighted by Gasteiger charge is 2.42. The number of morpholine rings is 1. The number of anilines is 3. The van der Waals surface area contributed by atoms with E-state index in [4.69, 9.17) is 44.9 Å². The van der Waals surface area contributed by atoms with Crippen LogP contribution in [0.4, 0.5) is 17.1 Å². The van der Waals surface area contributed by atoms with Gasteiger partial charge in [-0.25, -0.2) is 0 Å². The van der Waals surface area contributed by atoms with Crippen molar-refractivity contribution in [3.63, 3.8) is 0 Å². The van der Waals surface area contributed by atoms with Crippen molar-refractivity contribution >= 4 is 75.5 Å². The van der Waals surface area contributed by atoms with Gasteiger partial charge in [-0.3, -0.25) is 19.4 Å². The summed E-state index contributed by atoms with van der Waals surface area (Å²) in [7, 11) is 1.57. The molecule has 0 unspecified atom stereocenters. The van der Waals surface area contributed by atoms with Crippen molar-refractivity contribution in [2.75, 3.05) is 48.1 Å². The highest BCUT2D eigenvalue weighted by molar-refractivity contribution is 7.81. The lowest BCUT2D eigenvalue weighted by atomic mass is 10.0. The van der Waals surface area contributed by atoms with Crippen LogP contribution in [0, 0.1) is 0 Å². The second-order valence-corrected chi connectivity index (χ2v) is 9.73. The Kier molecular flexibility index (Phi) is 7.67. The number of methoxy groups -OCH3 is 1. The molecule has 3 aromatic rings. The van der Waals surface area contributed by atoms with Crippen molar-refractivity contribution < 1.29 is 19.1 Å². The van der Waals surface area contributed by atoms with Crippen molar-refractivity contribution in [1.29, 1.82) is 0 Å². The molecule has 2 amide bonds. The first kappa shape index (κ1) is 26.2. The Morgan fingerprint density at radius 3 is 2.16 bits per heavy atom. The molecule has 0 spiro atoms. The van der Waals surface area contributed by atoms with Gasteiger partial charge >= 0.3 is 0 Å². The average Bonchev–Trinajstić information content (AvgIpc) is 2.94. The van der Waals surface area contributed by atoms with Crippen LogP contribution in [0.1, 0.15) is 5.56 Å². The lowest BCUT2D eigenvalue weighted by molar-refractivity contribution is -0.120. The fraction of sp³-hybridized carbons (Fsp3) is 0.179. The number of thiocarbonyl (C=S) groups is 1. The molecule has 0 N–H and O–H groups in total. The summed E-state index contributed by atoms with van der Waals surface area (Å²) in [5, 5.41) is 0.402. The van der Waals surface area contributed by atoms with Crippen LogP contribution in [-0.4, -0.2) is 50.3 Å². The van der Waals surface area contributed by atoms with E-state index in [-0.39, 0.29) is 26.4 Å². The zero-order valence-electron chi connectivity index (χ0n) is 20.4. The minimum atomic E-state index is -0.596. The standard InChI is InChI=1S/C28H23Cl2N3O4S/c1-36-21-11-5-18(6-12-21)17-22-26(34)32(20-9-7-19(8-10-20)31-13-15-37-16-14-31)28(38)33(27(22)35)24-4-2-3-23(29)25(24)30/h2-12,17H,13-16H2,1H3/b22-17-. The van der Waals surface area contributed by atoms with Gasteiger partial charge in [-0.2, -0.15) is 0 Å². The highest BCUT2D eigenvalue weighted by Crippen LogP contribution is 2.37. The third-order valence-corrected chi connectivity index (χ3v) is 7.51. The molecule has 0 bridgehead atoms. The number of benzene rings is 3. The molecule has 2 saturated heterocycles. The van der Waals surface area contributed by atoms with Crippen molar-refractivity contribution in [2.24, 2.45) is 0 Å². The van der Waals surface area contributed by atoms with E-state index in [0.717, 1.165) is 18.8 Å². The molecule has 38 heavy (non-hydrogen) atoms. The molecule has 10 heteroatoms. The molecular weight excluding hydrogens is 545 g/mol. The second-order valence-electron chi connectivity index (χ2n) is 8.58. The van der Waals surface area contributed by atoms with Gasteiger partial charge in [0.25, 0.3) is 11.8 Å². The van der Waals surface area contributed by atoms with Gasteiger partial charge in [0.15, 0.2) is 5.11 Å². The molecule has 0 atom stereocenters. The lowest BCUT2D eigenvalue weighted by Crippen LogP contribution is -2.57. The summed E-state index contributed by atoms with van der Waals surface area (Å²) in [5.74, 6) is -0.477. The molecule has 0 saturated carbocycles. The Labute approximate surface area is 235 Å². The van der Waals surface area contributed by atoms with Crippen molar-refractivity contribution in [3.05, 3.63) is 87.9 Å². The topological polar surface area (TPSA) is 62.3 Å². The van der Waals surface area contributed by atoms with Crippen molar-refractivity contribution in [1.82, 2.24) is 0 Å². The van der Waals surface area contributed by atoms with Gasteiger partial charge in [-0.15, -0.1) is 0 Å². The molecule has 2 aliphatic heterocycles.